The highest BCUT2D eigenvalue weighted by atomic mass is 16.3. The molecule has 0 N–H and O–H groups in total. The van der Waals surface area contributed by atoms with Gasteiger partial charge in [-0.2, -0.15) is 0 Å². The molecule has 0 saturated heterocycles. The fraction of sp³-hybridized carbons (Fsp3) is 0. The van der Waals surface area contributed by atoms with Crippen LogP contribution in [0.5, 0.6) is 0 Å². The van der Waals surface area contributed by atoms with Crippen molar-refractivity contribution in [1.82, 2.24) is 19.5 Å². The van der Waals surface area contributed by atoms with Crippen molar-refractivity contribution in [2.75, 3.05) is 0 Å². The molecule has 12 aromatic rings. The van der Waals surface area contributed by atoms with Crippen LogP contribution in [0.4, 0.5) is 0 Å². The first kappa shape index (κ1) is 33.9. The molecular weight excluding hydrogens is 733 g/mol. The van der Waals surface area contributed by atoms with Crippen molar-refractivity contribution in [2.45, 2.75) is 0 Å². The summed E-state index contributed by atoms with van der Waals surface area (Å²) in [6.45, 7) is 0. The lowest BCUT2D eigenvalue weighted by Crippen LogP contribution is -2.00. The van der Waals surface area contributed by atoms with Crippen molar-refractivity contribution >= 4 is 54.5 Å². The van der Waals surface area contributed by atoms with Gasteiger partial charge in [0.15, 0.2) is 17.5 Å². The summed E-state index contributed by atoms with van der Waals surface area (Å²) in [4.78, 5) is 15.1. The van der Waals surface area contributed by atoms with Gasteiger partial charge in [-0.25, -0.2) is 15.0 Å². The molecule has 5 nitrogen and oxygen atoms in total. The largest absolute Gasteiger partial charge is 0.456 e. The molecule has 0 bridgehead atoms. The van der Waals surface area contributed by atoms with Crippen molar-refractivity contribution in [3.8, 4) is 62.1 Å². The number of rotatable bonds is 6. The molecule has 0 aliphatic heterocycles. The normalized spacial score (nSPS) is 11.7. The zero-order valence-corrected chi connectivity index (χ0v) is 32.3. The first-order chi connectivity index (χ1) is 29.7. The molecule has 9 aromatic carbocycles. The predicted molar refractivity (Wildman–Crippen MR) is 246 cm³/mol. The van der Waals surface area contributed by atoms with E-state index in [1.165, 1.54) is 43.8 Å². The van der Waals surface area contributed by atoms with Crippen LogP contribution < -0.4 is 0 Å². The van der Waals surface area contributed by atoms with Crippen LogP contribution in [0.1, 0.15) is 0 Å². The molecule has 12 rings (SSSR count). The minimum Gasteiger partial charge on any atom is -0.456 e. The highest BCUT2D eigenvalue weighted by Gasteiger charge is 2.22. The average Bonchev–Trinajstić information content (AvgIpc) is 3.87. The van der Waals surface area contributed by atoms with E-state index in [1.54, 1.807) is 0 Å². The maximum atomic E-state index is 6.76. The molecule has 0 fully saturated rings. The van der Waals surface area contributed by atoms with Gasteiger partial charge in [0.1, 0.15) is 11.2 Å². The molecular formula is C55H34N4O. The second-order valence-corrected chi connectivity index (χ2v) is 15.2. The number of benzene rings is 9. The minimum atomic E-state index is 0.594. The van der Waals surface area contributed by atoms with Gasteiger partial charge in [0.2, 0.25) is 0 Å². The summed E-state index contributed by atoms with van der Waals surface area (Å²) in [7, 11) is 0. The van der Waals surface area contributed by atoms with Crippen LogP contribution in [0.3, 0.4) is 0 Å². The maximum Gasteiger partial charge on any atom is 0.164 e. The van der Waals surface area contributed by atoms with Crippen molar-refractivity contribution < 1.29 is 4.42 Å². The van der Waals surface area contributed by atoms with Crippen molar-refractivity contribution in [3.63, 3.8) is 0 Å². The van der Waals surface area contributed by atoms with Crippen LogP contribution in [-0.4, -0.2) is 19.5 Å². The molecule has 0 unspecified atom stereocenters. The van der Waals surface area contributed by atoms with E-state index in [0.29, 0.717) is 17.5 Å². The Morgan fingerprint density at radius 3 is 1.60 bits per heavy atom. The topological polar surface area (TPSA) is 56.7 Å². The van der Waals surface area contributed by atoms with Gasteiger partial charge in [0.25, 0.3) is 0 Å². The van der Waals surface area contributed by atoms with E-state index in [-0.39, 0.29) is 0 Å². The second-order valence-electron chi connectivity index (χ2n) is 15.2. The second kappa shape index (κ2) is 13.8. The van der Waals surface area contributed by atoms with Crippen LogP contribution in [0.2, 0.25) is 0 Å². The third kappa shape index (κ3) is 5.52. The number of hydrogen-bond acceptors (Lipinski definition) is 4. The average molecular weight is 767 g/mol. The molecule has 0 saturated carbocycles. The van der Waals surface area contributed by atoms with Gasteiger partial charge in [0.05, 0.1) is 11.0 Å². The summed E-state index contributed by atoms with van der Waals surface area (Å²) < 4.78 is 9.16. The van der Waals surface area contributed by atoms with Gasteiger partial charge in [-0.05, 0) is 69.4 Å². The van der Waals surface area contributed by atoms with Crippen LogP contribution >= 0.6 is 0 Å². The first-order valence-corrected chi connectivity index (χ1v) is 20.2. The highest BCUT2D eigenvalue weighted by molar-refractivity contribution is 6.25. The van der Waals surface area contributed by atoms with Gasteiger partial charge < -0.3 is 8.98 Å². The number of nitrogens with zero attached hydrogens (tertiary/aromatic N) is 4. The van der Waals surface area contributed by atoms with Gasteiger partial charge in [-0.3, -0.25) is 0 Å². The fourth-order valence-electron chi connectivity index (χ4n) is 8.89. The van der Waals surface area contributed by atoms with E-state index in [2.05, 4.69) is 138 Å². The lowest BCUT2D eigenvalue weighted by molar-refractivity contribution is 0.668. The SMILES string of the molecule is c1ccc(-c2ccc3c(c2)c2c4ccccc4c(-c4ccccc4)cc2n3-c2ccc3c(c2)oc2cccc(-c4nc(-c5ccccc5)nc(-c5ccccc5)n4)c23)cc1. The maximum absolute atomic E-state index is 6.76. The van der Waals surface area contributed by atoms with E-state index in [1.807, 2.05) is 72.8 Å². The molecule has 0 aliphatic rings. The Kier molecular flexibility index (Phi) is 7.78. The first-order valence-electron chi connectivity index (χ1n) is 20.2. The Hall–Kier alpha value is -8.15. The molecule has 0 radical (unpaired) electrons. The Labute approximate surface area is 345 Å². The van der Waals surface area contributed by atoms with E-state index >= 15 is 0 Å². The molecule has 5 heteroatoms. The van der Waals surface area contributed by atoms with E-state index in [4.69, 9.17) is 19.4 Å². The Morgan fingerprint density at radius 2 is 0.917 bits per heavy atom. The molecule has 0 spiro atoms. The van der Waals surface area contributed by atoms with Crippen LogP contribution in [0.25, 0.3) is 117 Å². The molecule has 0 aliphatic carbocycles. The standard InChI is InChI=1S/C55H34N4O/c1-5-16-35(17-6-1)39-28-31-47-46(32-39)51-42-25-14-13-24-41(42)45(36-18-7-2-8-19-36)34-48(51)59(47)40-29-30-43-50(33-40)60-49-27-15-26-44(52(43)49)55-57-53(37-20-9-3-10-21-37)56-54(58-55)38-22-11-4-12-23-38/h1-34H. The summed E-state index contributed by atoms with van der Waals surface area (Å²) in [6.07, 6.45) is 0. The zero-order chi connectivity index (χ0) is 39.6. The molecule has 3 heterocycles. The lowest BCUT2D eigenvalue weighted by Gasteiger charge is -2.12. The van der Waals surface area contributed by atoms with E-state index in [9.17, 15) is 0 Å². The summed E-state index contributed by atoms with van der Waals surface area (Å²) in [5.41, 5.74) is 12.3. The molecule has 3 aromatic heterocycles. The summed E-state index contributed by atoms with van der Waals surface area (Å²) in [6, 6.07) is 72.2. The van der Waals surface area contributed by atoms with E-state index in [0.717, 1.165) is 55.3 Å². The number of furan rings is 1. The molecule has 0 amide bonds. The summed E-state index contributed by atoms with van der Waals surface area (Å²) >= 11 is 0. The molecule has 280 valence electrons. The Bertz CT molecular complexity index is 3520. The van der Waals surface area contributed by atoms with Gasteiger partial charge in [0, 0.05) is 50.0 Å². The zero-order valence-electron chi connectivity index (χ0n) is 32.3. The quantitative estimate of drug-likeness (QED) is 0.169. The van der Waals surface area contributed by atoms with Gasteiger partial charge in [-0.1, -0.05) is 164 Å². The molecule has 60 heavy (non-hydrogen) atoms. The minimum absolute atomic E-state index is 0.594. The van der Waals surface area contributed by atoms with Crippen molar-refractivity contribution in [2.24, 2.45) is 0 Å². The van der Waals surface area contributed by atoms with Gasteiger partial charge in [-0.15, -0.1) is 0 Å². The Morgan fingerprint density at radius 1 is 0.317 bits per heavy atom. The summed E-state index contributed by atoms with van der Waals surface area (Å²) in [5, 5.41) is 6.84. The van der Waals surface area contributed by atoms with Crippen LogP contribution in [-0.2, 0) is 0 Å². The Balaban J connectivity index is 1.10. The fourth-order valence-corrected chi connectivity index (χ4v) is 8.89. The molecule has 0 atom stereocenters. The third-order valence-corrected chi connectivity index (χ3v) is 11.6. The smallest absolute Gasteiger partial charge is 0.164 e. The van der Waals surface area contributed by atoms with Gasteiger partial charge >= 0.3 is 0 Å². The number of fused-ring (bicyclic) bond motifs is 8. The van der Waals surface area contributed by atoms with Crippen LogP contribution in [0, 0.1) is 0 Å². The highest BCUT2D eigenvalue weighted by Crippen LogP contribution is 2.44. The van der Waals surface area contributed by atoms with E-state index < -0.39 is 0 Å². The van der Waals surface area contributed by atoms with Crippen molar-refractivity contribution in [1.29, 1.82) is 0 Å². The third-order valence-electron chi connectivity index (χ3n) is 11.6. The van der Waals surface area contributed by atoms with Crippen molar-refractivity contribution in [3.05, 3.63) is 206 Å². The number of aromatic nitrogens is 4. The predicted octanol–water partition coefficient (Wildman–Crippen LogP) is 14.4. The lowest BCUT2D eigenvalue weighted by atomic mass is 9.94. The van der Waals surface area contributed by atoms with Crippen LogP contribution in [0.15, 0.2) is 211 Å². The number of hydrogen-bond donors (Lipinski definition) is 0. The summed E-state index contributed by atoms with van der Waals surface area (Å²) in [5.74, 6) is 1.84. The monoisotopic (exact) mass is 766 g/mol.